The molecular formula is C24H36N2OS. The minimum Gasteiger partial charge on any atom is -0.507 e. The molecule has 0 amide bonds. The summed E-state index contributed by atoms with van der Waals surface area (Å²) >= 11 is 1.83. The van der Waals surface area contributed by atoms with Gasteiger partial charge in [-0.2, -0.15) is 0 Å². The monoisotopic (exact) mass is 400 g/mol. The van der Waals surface area contributed by atoms with Crippen molar-refractivity contribution in [1.82, 2.24) is 9.80 Å². The van der Waals surface area contributed by atoms with Crippen LogP contribution in [0.5, 0.6) is 5.75 Å². The second kappa shape index (κ2) is 7.81. The van der Waals surface area contributed by atoms with E-state index in [9.17, 15) is 5.11 Å². The summed E-state index contributed by atoms with van der Waals surface area (Å²) in [7, 11) is 2.20. The molecule has 0 spiro atoms. The van der Waals surface area contributed by atoms with Crippen molar-refractivity contribution in [3.05, 3.63) is 51.2 Å². The molecule has 1 aliphatic rings. The molecule has 1 N–H and O–H groups in total. The van der Waals surface area contributed by atoms with Crippen LogP contribution < -0.4 is 0 Å². The van der Waals surface area contributed by atoms with Crippen LogP contribution >= 0.6 is 11.3 Å². The smallest absolute Gasteiger partial charge is 0.123 e. The number of phenols is 1. The number of benzene rings is 1. The summed E-state index contributed by atoms with van der Waals surface area (Å²) < 4.78 is 0. The molecule has 3 rings (SSSR count). The first-order valence-corrected chi connectivity index (χ1v) is 11.2. The van der Waals surface area contributed by atoms with E-state index >= 15 is 0 Å². The van der Waals surface area contributed by atoms with Crippen molar-refractivity contribution in [2.24, 2.45) is 0 Å². The molecule has 0 unspecified atom stereocenters. The van der Waals surface area contributed by atoms with E-state index in [4.69, 9.17) is 0 Å². The van der Waals surface area contributed by atoms with E-state index in [0.717, 1.165) is 37.3 Å². The average Bonchev–Trinajstić information content (AvgIpc) is 3.10. The van der Waals surface area contributed by atoms with Gasteiger partial charge in [0, 0.05) is 31.1 Å². The minimum atomic E-state index is -0.109. The molecule has 154 valence electrons. The number of rotatable bonds is 3. The SMILES string of the molecule is CN1CCN([C@H](c2cc(C(C)(C)C)c(O)c(C(C)(C)C)c2)c2cccs2)CC1. The second-order valence-corrected chi connectivity index (χ2v) is 11.2. The summed E-state index contributed by atoms with van der Waals surface area (Å²) in [5.41, 5.74) is 3.18. The number of aromatic hydroxyl groups is 1. The molecule has 2 aromatic rings. The summed E-state index contributed by atoms with van der Waals surface area (Å²) in [5, 5.41) is 13.3. The Bertz CT molecular complexity index is 756. The fourth-order valence-corrected chi connectivity index (χ4v) is 4.93. The Morgan fingerprint density at radius 2 is 1.46 bits per heavy atom. The summed E-state index contributed by atoms with van der Waals surface area (Å²) in [6.45, 7) is 17.5. The van der Waals surface area contributed by atoms with Crippen LogP contribution in [0, 0.1) is 0 Å². The normalized spacial score (nSPS) is 18.4. The second-order valence-electron chi connectivity index (χ2n) is 10.2. The van der Waals surface area contributed by atoms with Crippen LogP contribution in [-0.2, 0) is 10.8 Å². The van der Waals surface area contributed by atoms with Crippen molar-refractivity contribution in [3.8, 4) is 5.75 Å². The molecule has 1 aliphatic heterocycles. The van der Waals surface area contributed by atoms with E-state index in [1.165, 1.54) is 10.4 Å². The Morgan fingerprint density at radius 1 is 0.929 bits per heavy atom. The number of piperazine rings is 1. The summed E-state index contributed by atoms with van der Waals surface area (Å²) in [4.78, 5) is 6.40. The van der Waals surface area contributed by atoms with Gasteiger partial charge in [0.25, 0.3) is 0 Å². The van der Waals surface area contributed by atoms with Crippen molar-refractivity contribution in [2.45, 2.75) is 58.4 Å². The lowest BCUT2D eigenvalue weighted by Crippen LogP contribution is -2.46. The van der Waals surface area contributed by atoms with E-state index in [-0.39, 0.29) is 16.9 Å². The lowest BCUT2D eigenvalue weighted by atomic mass is 9.77. The third kappa shape index (κ3) is 4.45. The highest BCUT2D eigenvalue weighted by atomic mass is 32.1. The van der Waals surface area contributed by atoms with Gasteiger partial charge in [-0.3, -0.25) is 4.90 Å². The third-order valence-corrected chi connectivity index (χ3v) is 6.70. The van der Waals surface area contributed by atoms with Gasteiger partial charge in [-0.15, -0.1) is 11.3 Å². The molecule has 28 heavy (non-hydrogen) atoms. The summed E-state index contributed by atoms with van der Waals surface area (Å²) in [5.74, 6) is 0.465. The molecule has 0 saturated carbocycles. The van der Waals surface area contributed by atoms with Crippen LogP contribution in [0.15, 0.2) is 29.6 Å². The Kier molecular flexibility index (Phi) is 5.96. The number of likely N-dealkylation sites (N-methyl/N-ethyl adjacent to an activating group) is 1. The molecule has 2 heterocycles. The van der Waals surface area contributed by atoms with Crippen molar-refractivity contribution >= 4 is 11.3 Å². The van der Waals surface area contributed by atoms with Gasteiger partial charge < -0.3 is 10.0 Å². The molecule has 0 aliphatic carbocycles. The van der Waals surface area contributed by atoms with Gasteiger partial charge in [0.05, 0.1) is 6.04 Å². The molecule has 3 nitrogen and oxygen atoms in total. The van der Waals surface area contributed by atoms with Gasteiger partial charge in [-0.05, 0) is 58.1 Å². The molecule has 0 radical (unpaired) electrons. The highest BCUT2D eigenvalue weighted by molar-refractivity contribution is 7.10. The Hall–Kier alpha value is -1.36. The van der Waals surface area contributed by atoms with E-state index in [1.807, 2.05) is 11.3 Å². The summed E-state index contributed by atoms with van der Waals surface area (Å²) in [6, 6.07) is 9.17. The van der Waals surface area contributed by atoms with E-state index < -0.39 is 0 Å². The Balaban J connectivity index is 2.17. The lowest BCUT2D eigenvalue weighted by molar-refractivity contribution is 0.128. The molecule has 0 bridgehead atoms. The van der Waals surface area contributed by atoms with Crippen LogP contribution in [0.1, 0.15) is 69.2 Å². The molecule has 1 aromatic heterocycles. The maximum atomic E-state index is 11.1. The van der Waals surface area contributed by atoms with Crippen molar-refractivity contribution in [2.75, 3.05) is 33.2 Å². The lowest BCUT2D eigenvalue weighted by Gasteiger charge is -2.39. The maximum Gasteiger partial charge on any atom is 0.123 e. The highest BCUT2D eigenvalue weighted by Gasteiger charge is 2.31. The third-order valence-electron chi connectivity index (χ3n) is 5.78. The first kappa shape index (κ1) is 21.4. The molecule has 4 heteroatoms. The van der Waals surface area contributed by atoms with Crippen molar-refractivity contribution in [1.29, 1.82) is 0 Å². The van der Waals surface area contributed by atoms with Crippen LogP contribution in [0.4, 0.5) is 0 Å². The van der Waals surface area contributed by atoms with Gasteiger partial charge in [-0.1, -0.05) is 47.6 Å². The number of hydrogen-bond acceptors (Lipinski definition) is 4. The Labute approximate surface area is 175 Å². The standard InChI is InChI=1S/C24H36N2OS/c1-23(2,3)18-15-17(16-19(22(18)27)24(4,5)6)21(20-9-8-14-28-20)26-12-10-25(7)11-13-26/h8-9,14-16,21,27H,10-13H2,1-7H3/t21-/m1/s1. The molecule has 1 saturated heterocycles. The zero-order chi connectivity index (χ0) is 20.7. The Morgan fingerprint density at radius 3 is 1.89 bits per heavy atom. The van der Waals surface area contributed by atoms with E-state index in [1.54, 1.807) is 0 Å². The topological polar surface area (TPSA) is 26.7 Å². The largest absolute Gasteiger partial charge is 0.507 e. The van der Waals surface area contributed by atoms with E-state index in [0.29, 0.717) is 5.75 Å². The number of hydrogen-bond donors (Lipinski definition) is 1. The number of nitrogens with zero attached hydrogens (tertiary/aromatic N) is 2. The van der Waals surface area contributed by atoms with E-state index in [2.05, 4.69) is 88.0 Å². The fraction of sp³-hybridized carbons (Fsp3) is 0.583. The number of phenolic OH excluding ortho intramolecular Hbond substituents is 1. The molecular weight excluding hydrogens is 364 g/mol. The average molecular weight is 401 g/mol. The highest BCUT2D eigenvalue weighted by Crippen LogP contribution is 2.43. The zero-order valence-corrected chi connectivity index (χ0v) is 19.4. The van der Waals surface area contributed by atoms with Gasteiger partial charge in [0.2, 0.25) is 0 Å². The van der Waals surface area contributed by atoms with Crippen LogP contribution in [0.2, 0.25) is 0 Å². The first-order chi connectivity index (χ1) is 13.0. The first-order valence-electron chi connectivity index (χ1n) is 10.3. The van der Waals surface area contributed by atoms with Crippen molar-refractivity contribution in [3.63, 3.8) is 0 Å². The summed E-state index contributed by atoms with van der Waals surface area (Å²) in [6.07, 6.45) is 0. The minimum absolute atomic E-state index is 0.109. The van der Waals surface area contributed by atoms with Crippen LogP contribution in [0.3, 0.4) is 0 Å². The van der Waals surface area contributed by atoms with Gasteiger partial charge in [0.1, 0.15) is 5.75 Å². The van der Waals surface area contributed by atoms with Crippen LogP contribution in [-0.4, -0.2) is 48.1 Å². The molecule has 1 aromatic carbocycles. The predicted octanol–water partition coefficient (Wildman–Crippen LogP) is 5.39. The van der Waals surface area contributed by atoms with Gasteiger partial charge >= 0.3 is 0 Å². The number of thiophene rings is 1. The molecule has 1 atom stereocenters. The van der Waals surface area contributed by atoms with Crippen LogP contribution in [0.25, 0.3) is 0 Å². The fourth-order valence-electron chi connectivity index (χ4n) is 4.04. The van der Waals surface area contributed by atoms with Crippen molar-refractivity contribution < 1.29 is 5.11 Å². The molecule has 1 fully saturated rings. The van der Waals surface area contributed by atoms with Gasteiger partial charge in [-0.25, -0.2) is 0 Å². The zero-order valence-electron chi connectivity index (χ0n) is 18.5. The predicted molar refractivity (Wildman–Crippen MR) is 121 cm³/mol. The maximum absolute atomic E-state index is 11.1. The quantitative estimate of drug-likeness (QED) is 0.749. The van der Waals surface area contributed by atoms with Gasteiger partial charge in [0.15, 0.2) is 0 Å².